The summed E-state index contributed by atoms with van der Waals surface area (Å²) in [5.41, 5.74) is 2.58. The van der Waals surface area contributed by atoms with E-state index in [1.165, 1.54) is 5.56 Å². The molecule has 26 heavy (non-hydrogen) atoms. The minimum atomic E-state index is -5.25. The summed E-state index contributed by atoms with van der Waals surface area (Å²) in [6, 6.07) is 7.74. The molecule has 6 nitrogen and oxygen atoms in total. The number of sulfonamides is 1. The van der Waals surface area contributed by atoms with Gasteiger partial charge < -0.3 is 11.1 Å². The highest BCUT2D eigenvalue weighted by Crippen LogP contribution is 2.30. The molecule has 0 spiro atoms. The molecule has 0 amide bonds. The molecule has 0 unspecified atom stereocenters. The Hall–Kier alpha value is -1.81. The molecule has 0 bridgehead atoms. The molecular formula is C16H23F3N4O2S. The second-order valence-electron chi connectivity index (χ2n) is 6.19. The van der Waals surface area contributed by atoms with E-state index in [2.05, 4.69) is 17.2 Å². The maximum absolute atomic E-state index is 12.5. The number of hydrogen-bond donors (Lipinski definition) is 2. The summed E-state index contributed by atoms with van der Waals surface area (Å²) < 4.78 is 60.9. The lowest BCUT2D eigenvalue weighted by atomic mass is 9.98. The SMILES string of the molecule is CCc1ccc(NC(N)=NCC2CCN(S(=O)(=O)C(F)(F)F)CC2)cc1. The lowest BCUT2D eigenvalue weighted by Crippen LogP contribution is -2.45. The minimum absolute atomic E-state index is 0.00231. The van der Waals surface area contributed by atoms with Gasteiger partial charge >= 0.3 is 15.5 Å². The normalized spacial score (nSPS) is 18.1. The lowest BCUT2D eigenvalue weighted by molar-refractivity contribution is -0.0496. The molecule has 1 heterocycles. The fraction of sp³-hybridized carbons (Fsp3) is 0.562. The molecule has 1 aliphatic rings. The van der Waals surface area contributed by atoms with Crippen LogP contribution in [-0.4, -0.2) is 43.8 Å². The van der Waals surface area contributed by atoms with Crippen LogP contribution in [0.4, 0.5) is 18.9 Å². The topological polar surface area (TPSA) is 87.8 Å². The van der Waals surface area contributed by atoms with Crippen molar-refractivity contribution in [2.75, 3.05) is 25.0 Å². The third-order valence-corrected chi connectivity index (χ3v) is 5.99. The molecule has 1 aromatic rings. The van der Waals surface area contributed by atoms with Gasteiger partial charge in [-0.2, -0.15) is 17.5 Å². The van der Waals surface area contributed by atoms with E-state index in [-0.39, 0.29) is 25.0 Å². The van der Waals surface area contributed by atoms with E-state index in [0.29, 0.717) is 23.7 Å². The molecule has 1 fully saturated rings. The van der Waals surface area contributed by atoms with Crippen LogP contribution in [0.3, 0.4) is 0 Å². The number of aliphatic imine (C=N–C) groups is 1. The van der Waals surface area contributed by atoms with E-state index >= 15 is 0 Å². The number of hydrogen-bond acceptors (Lipinski definition) is 3. The first kappa shape index (κ1) is 20.5. The molecule has 0 aromatic heterocycles. The summed E-state index contributed by atoms with van der Waals surface area (Å²) >= 11 is 0. The summed E-state index contributed by atoms with van der Waals surface area (Å²) in [6.45, 7) is 2.08. The second-order valence-corrected chi connectivity index (χ2v) is 8.12. The van der Waals surface area contributed by atoms with Crippen molar-refractivity contribution in [1.82, 2.24) is 4.31 Å². The molecule has 0 saturated carbocycles. The fourth-order valence-corrected chi connectivity index (χ4v) is 3.70. The Morgan fingerprint density at radius 3 is 2.35 bits per heavy atom. The highest BCUT2D eigenvalue weighted by Gasteiger charge is 2.50. The van der Waals surface area contributed by atoms with Gasteiger partial charge in [0.25, 0.3) is 0 Å². The van der Waals surface area contributed by atoms with Crippen LogP contribution in [-0.2, 0) is 16.4 Å². The highest BCUT2D eigenvalue weighted by atomic mass is 32.2. The number of benzene rings is 1. The zero-order valence-electron chi connectivity index (χ0n) is 14.5. The molecule has 0 radical (unpaired) electrons. The van der Waals surface area contributed by atoms with Crippen molar-refractivity contribution in [3.8, 4) is 0 Å². The van der Waals surface area contributed by atoms with Gasteiger partial charge in [0.1, 0.15) is 0 Å². The Labute approximate surface area is 151 Å². The first-order valence-corrected chi connectivity index (χ1v) is 9.79. The predicted octanol–water partition coefficient (Wildman–Crippen LogP) is 2.54. The van der Waals surface area contributed by atoms with Gasteiger partial charge in [0.05, 0.1) is 0 Å². The summed E-state index contributed by atoms with van der Waals surface area (Å²) in [5.74, 6) is 0.220. The van der Waals surface area contributed by atoms with Crippen LogP contribution in [0.2, 0.25) is 0 Å². The van der Waals surface area contributed by atoms with E-state index in [9.17, 15) is 21.6 Å². The monoisotopic (exact) mass is 392 g/mol. The van der Waals surface area contributed by atoms with Crippen LogP contribution in [0.25, 0.3) is 0 Å². The number of halogens is 3. The quantitative estimate of drug-likeness (QED) is 0.595. The number of aryl methyl sites for hydroxylation is 1. The van der Waals surface area contributed by atoms with Crippen molar-refractivity contribution in [3.63, 3.8) is 0 Å². The van der Waals surface area contributed by atoms with Crippen molar-refractivity contribution >= 4 is 21.7 Å². The van der Waals surface area contributed by atoms with Crippen LogP contribution in [0.1, 0.15) is 25.3 Å². The number of anilines is 1. The van der Waals surface area contributed by atoms with Crippen LogP contribution < -0.4 is 11.1 Å². The first-order valence-electron chi connectivity index (χ1n) is 8.35. The zero-order valence-corrected chi connectivity index (χ0v) is 15.3. The number of rotatable bonds is 5. The summed E-state index contributed by atoms with van der Waals surface area (Å²) in [4.78, 5) is 4.21. The summed E-state index contributed by atoms with van der Waals surface area (Å²) in [5, 5.41) is 2.96. The van der Waals surface area contributed by atoms with Gasteiger partial charge in [-0.15, -0.1) is 0 Å². The third kappa shape index (κ3) is 5.10. The fourth-order valence-electron chi connectivity index (χ4n) is 2.72. The van der Waals surface area contributed by atoms with Crippen molar-refractivity contribution in [3.05, 3.63) is 29.8 Å². The Balaban J connectivity index is 1.84. The average Bonchev–Trinajstić information content (AvgIpc) is 2.60. The van der Waals surface area contributed by atoms with Crippen molar-refractivity contribution in [1.29, 1.82) is 0 Å². The Kier molecular flexibility index (Phi) is 6.51. The molecule has 0 aliphatic carbocycles. The summed E-state index contributed by atoms with van der Waals surface area (Å²) in [7, 11) is -5.24. The number of nitrogens with two attached hydrogens (primary N) is 1. The summed E-state index contributed by atoms with van der Waals surface area (Å²) in [6.07, 6.45) is 1.57. The van der Waals surface area contributed by atoms with Crippen LogP contribution in [0, 0.1) is 5.92 Å². The van der Waals surface area contributed by atoms with Crippen LogP contribution >= 0.6 is 0 Å². The standard InChI is InChI=1S/C16H23F3N4O2S/c1-2-12-3-5-14(6-4-12)22-15(20)21-11-13-7-9-23(10-8-13)26(24,25)16(17,18)19/h3-6,13H,2,7-11H2,1H3,(H3,20,21,22). The van der Waals surface area contributed by atoms with Gasteiger partial charge in [-0.3, -0.25) is 4.99 Å². The van der Waals surface area contributed by atoms with Crippen LogP contribution in [0.15, 0.2) is 29.3 Å². The maximum atomic E-state index is 12.5. The van der Waals surface area contributed by atoms with Crippen molar-refractivity contribution in [2.45, 2.75) is 31.7 Å². The molecular weight excluding hydrogens is 369 g/mol. The molecule has 1 aromatic carbocycles. The molecule has 2 rings (SSSR count). The first-order chi connectivity index (χ1) is 12.1. The zero-order chi connectivity index (χ0) is 19.4. The molecule has 10 heteroatoms. The maximum Gasteiger partial charge on any atom is 0.511 e. The molecule has 1 saturated heterocycles. The van der Waals surface area contributed by atoms with Gasteiger partial charge in [-0.05, 0) is 42.9 Å². The number of nitrogens with one attached hydrogen (secondary N) is 1. The smallest absolute Gasteiger partial charge is 0.370 e. The van der Waals surface area contributed by atoms with E-state index in [4.69, 9.17) is 5.73 Å². The van der Waals surface area contributed by atoms with E-state index < -0.39 is 15.5 Å². The highest BCUT2D eigenvalue weighted by molar-refractivity contribution is 7.90. The molecule has 3 N–H and O–H groups in total. The van der Waals surface area contributed by atoms with Gasteiger partial charge in [-0.25, -0.2) is 8.42 Å². The van der Waals surface area contributed by atoms with Gasteiger partial charge in [0, 0.05) is 25.3 Å². The predicted molar refractivity (Wildman–Crippen MR) is 95.2 cm³/mol. The number of alkyl halides is 3. The number of guanidine groups is 1. The Morgan fingerprint density at radius 1 is 1.27 bits per heavy atom. The van der Waals surface area contributed by atoms with Crippen molar-refractivity contribution in [2.24, 2.45) is 16.6 Å². The van der Waals surface area contributed by atoms with Gasteiger partial charge in [-0.1, -0.05) is 19.1 Å². The molecule has 0 atom stereocenters. The molecule has 146 valence electrons. The lowest BCUT2D eigenvalue weighted by Gasteiger charge is -2.30. The van der Waals surface area contributed by atoms with E-state index in [0.717, 1.165) is 12.1 Å². The van der Waals surface area contributed by atoms with Gasteiger partial charge in [0.15, 0.2) is 5.96 Å². The molecule has 1 aliphatic heterocycles. The Morgan fingerprint density at radius 2 is 1.85 bits per heavy atom. The average molecular weight is 392 g/mol. The third-order valence-electron chi connectivity index (χ3n) is 4.36. The second kappa shape index (κ2) is 8.26. The minimum Gasteiger partial charge on any atom is -0.370 e. The van der Waals surface area contributed by atoms with E-state index in [1.54, 1.807) is 0 Å². The van der Waals surface area contributed by atoms with Crippen molar-refractivity contribution < 1.29 is 21.6 Å². The number of nitrogens with zero attached hydrogens (tertiary/aromatic N) is 2. The van der Waals surface area contributed by atoms with Crippen LogP contribution in [0.5, 0.6) is 0 Å². The van der Waals surface area contributed by atoms with E-state index in [1.807, 2.05) is 24.3 Å². The van der Waals surface area contributed by atoms with Gasteiger partial charge in [0.2, 0.25) is 0 Å². The number of piperidine rings is 1. The Bertz CT molecular complexity index is 725. The largest absolute Gasteiger partial charge is 0.511 e.